The molecular formula is C17H22N4O. The lowest BCUT2D eigenvalue weighted by atomic mass is 9.71. The van der Waals surface area contributed by atoms with E-state index in [0.717, 1.165) is 23.4 Å². The molecule has 1 heterocycles. The number of para-hydroxylation sites is 1. The molecule has 5 heteroatoms. The average molecular weight is 298 g/mol. The number of hydrogen-bond donors (Lipinski definition) is 2. The van der Waals surface area contributed by atoms with E-state index < -0.39 is 0 Å². The highest BCUT2D eigenvalue weighted by Gasteiger charge is 2.41. The van der Waals surface area contributed by atoms with E-state index in [2.05, 4.69) is 24.3 Å². The molecule has 0 aliphatic heterocycles. The van der Waals surface area contributed by atoms with Gasteiger partial charge in [0.2, 0.25) is 5.91 Å². The Morgan fingerprint density at radius 2 is 2.05 bits per heavy atom. The number of nitrogens with zero attached hydrogens (tertiary/aromatic N) is 2. The maximum atomic E-state index is 11.5. The lowest BCUT2D eigenvalue weighted by Gasteiger charge is -2.40. The van der Waals surface area contributed by atoms with Crippen LogP contribution in [-0.2, 0) is 4.79 Å². The number of hydrogen-bond acceptors (Lipinski definition) is 3. The smallest absolute Gasteiger partial charge is 0.217 e. The molecule has 0 saturated carbocycles. The molecule has 2 aromatic rings. The van der Waals surface area contributed by atoms with Gasteiger partial charge in [-0.25, -0.2) is 4.68 Å². The second-order valence-corrected chi connectivity index (χ2v) is 6.66. The molecule has 1 aliphatic carbocycles. The average Bonchev–Trinajstić information content (AvgIpc) is 2.89. The normalized spacial score (nSPS) is 22.9. The zero-order chi connectivity index (χ0) is 15.9. The van der Waals surface area contributed by atoms with Crippen LogP contribution in [0, 0.1) is 5.41 Å². The van der Waals surface area contributed by atoms with Crippen molar-refractivity contribution in [1.82, 2.24) is 15.1 Å². The highest BCUT2D eigenvalue weighted by atomic mass is 16.1. The van der Waals surface area contributed by atoms with Gasteiger partial charge in [0, 0.05) is 12.5 Å². The molecule has 0 radical (unpaired) electrons. The number of nitrogens with one attached hydrogen (secondary N) is 1. The Balaban J connectivity index is 2.12. The summed E-state index contributed by atoms with van der Waals surface area (Å²) >= 11 is 0. The summed E-state index contributed by atoms with van der Waals surface area (Å²) in [7, 11) is 0. The Morgan fingerprint density at radius 3 is 2.68 bits per heavy atom. The molecule has 0 spiro atoms. The zero-order valence-electron chi connectivity index (χ0n) is 13.2. The maximum Gasteiger partial charge on any atom is 0.217 e. The van der Waals surface area contributed by atoms with Gasteiger partial charge in [0.25, 0.3) is 0 Å². The molecule has 3 N–H and O–H groups in total. The second kappa shape index (κ2) is 5.25. The minimum absolute atomic E-state index is 0.0327. The number of fused-ring (bicyclic) bond motifs is 1. The number of rotatable bonds is 2. The zero-order valence-corrected chi connectivity index (χ0v) is 13.2. The molecule has 3 rings (SSSR count). The van der Waals surface area contributed by atoms with Gasteiger partial charge in [0.05, 0.1) is 29.7 Å². The summed E-state index contributed by atoms with van der Waals surface area (Å²) in [5, 5.41) is 7.56. The molecule has 0 saturated heterocycles. The summed E-state index contributed by atoms with van der Waals surface area (Å²) in [4.78, 5) is 11.5. The number of nitrogens with two attached hydrogens (primary N) is 1. The van der Waals surface area contributed by atoms with E-state index in [1.165, 1.54) is 0 Å². The summed E-state index contributed by atoms with van der Waals surface area (Å²) in [5.74, 6) is -0.0327. The first-order chi connectivity index (χ1) is 10.4. The molecule has 0 bridgehead atoms. The summed E-state index contributed by atoms with van der Waals surface area (Å²) in [6.07, 6.45) is 2.64. The lowest BCUT2D eigenvalue weighted by Crippen LogP contribution is -2.41. The van der Waals surface area contributed by atoms with Crippen LogP contribution in [0.15, 0.2) is 36.5 Å². The van der Waals surface area contributed by atoms with Gasteiger partial charge in [0.15, 0.2) is 0 Å². The third-order valence-electron chi connectivity index (χ3n) is 4.46. The molecule has 1 aromatic carbocycles. The molecule has 0 fully saturated rings. The predicted molar refractivity (Wildman–Crippen MR) is 85.4 cm³/mol. The third-order valence-corrected chi connectivity index (χ3v) is 4.46. The third kappa shape index (κ3) is 2.41. The van der Waals surface area contributed by atoms with Crippen molar-refractivity contribution in [1.29, 1.82) is 0 Å². The number of carbonyl (C=O) groups excluding carboxylic acids is 1. The van der Waals surface area contributed by atoms with Crippen LogP contribution in [0.4, 0.5) is 0 Å². The van der Waals surface area contributed by atoms with Crippen molar-refractivity contribution in [2.24, 2.45) is 11.1 Å². The first-order valence-corrected chi connectivity index (χ1v) is 7.56. The number of amides is 1. The largest absolute Gasteiger partial charge is 0.349 e. The van der Waals surface area contributed by atoms with Gasteiger partial charge in [-0.1, -0.05) is 32.0 Å². The van der Waals surface area contributed by atoms with E-state index >= 15 is 0 Å². The molecule has 22 heavy (non-hydrogen) atoms. The minimum Gasteiger partial charge on any atom is -0.349 e. The first kappa shape index (κ1) is 14.8. The van der Waals surface area contributed by atoms with Crippen LogP contribution in [0.25, 0.3) is 5.69 Å². The number of carbonyl (C=O) groups is 1. The van der Waals surface area contributed by atoms with Crippen LogP contribution < -0.4 is 11.1 Å². The fourth-order valence-corrected chi connectivity index (χ4v) is 3.23. The van der Waals surface area contributed by atoms with Crippen molar-refractivity contribution < 1.29 is 4.79 Å². The van der Waals surface area contributed by atoms with Crippen LogP contribution in [0.3, 0.4) is 0 Å². The molecule has 1 unspecified atom stereocenters. The van der Waals surface area contributed by atoms with Crippen molar-refractivity contribution in [3.8, 4) is 5.69 Å². The minimum atomic E-state index is -0.129. The van der Waals surface area contributed by atoms with Gasteiger partial charge in [-0.15, -0.1) is 0 Å². The Labute approximate surface area is 130 Å². The Hall–Kier alpha value is -2.14. The molecule has 1 aromatic heterocycles. The Kier molecular flexibility index (Phi) is 3.53. The van der Waals surface area contributed by atoms with E-state index in [4.69, 9.17) is 5.73 Å². The molecule has 1 amide bonds. The van der Waals surface area contributed by atoms with E-state index in [9.17, 15) is 4.79 Å². The van der Waals surface area contributed by atoms with Crippen molar-refractivity contribution in [3.05, 3.63) is 47.8 Å². The van der Waals surface area contributed by atoms with Crippen molar-refractivity contribution >= 4 is 5.91 Å². The molecule has 2 atom stereocenters. The lowest BCUT2D eigenvalue weighted by molar-refractivity contribution is -0.120. The first-order valence-electron chi connectivity index (χ1n) is 7.56. The maximum absolute atomic E-state index is 11.5. The van der Waals surface area contributed by atoms with Crippen LogP contribution in [0.1, 0.15) is 50.5 Å². The van der Waals surface area contributed by atoms with E-state index in [1.807, 2.05) is 41.2 Å². The highest BCUT2D eigenvalue weighted by molar-refractivity contribution is 5.73. The van der Waals surface area contributed by atoms with Crippen molar-refractivity contribution in [2.75, 3.05) is 0 Å². The topological polar surface area (TPSA) is 72.9 Å². The van der Waals surface area contributed by atoms with Crippen LogP contribution in [0.2, 0.25) is 0 Å². The molecule has 1 aliphatic rings. The van der Waals surface area contributed by atoms with Crippen LogP contribution >= 0.6 is 0 Å². The SMILES string of the molecule is CC(=O)NC1CC(C)(C)[C@@H](N)c2c1cnn2-c1ccccc1. The quantitative estimate of drug-likeness (QED) is 0.894. The fourth-order valence-electron chi connectivity index (χ4n) is 3.23. The monoisotopic (exact) mass is 298 g/mol. The van der Waals surface area contributed by atoms with Gasteiger partial charge in [0.1, 0.15) is 0 Å². The highest BCUT2D eigenvalue weighted by Crippen LogP contribution is 2.47. The molecule has 5 nitrogen and oxygen atoms in total. The second-order valence-electron chi connectivity index (χ2n) is 6.66. The van der Waals surface area contributed by atoms with Crippen molar-refractivity contribution in [2.45, 2.75) is 39.3 Å². The fraction of sp³-hybridized carbons (Fsp3) is 0.412. The summed E-state index contributed by atoms with van der Waals surface area (Å²) in [5.41, 5.74) is 9.40. The van der Waals surface area contributed by atoms with Gasteiger partial charge in [-0.05, 0) is 24.0 Å². The Morgan fingerprint density at radius 1 is 1.36 bits per heavy atom. The summed E-state index contributed by atoms with van der Waals surface area (Å²) in [6.45, 7) is 5.82. The summed E-state index contributed by atoms with van der Waals surface area (Å²) < 4.78 is 1.90. The van der Waals surface area contributed by atoms with Gasteiger partial charge >= 0.3 is 0 Å². The van der Waals surface area contributed by atoms with E-state index in [1.54, 1.807) is 6.92 Å². The predicted octanol–water partition coefficient (Wildman–Crippen LogP) is 2.48. The molecule has 116 valence electrons. The molecular weight excluding hydrogens is 276 g/mol. The van der Waals surface area contributed by atoms with E-state index in [0.29, 0.717) is 0 Å². The van der Waals surface area contributed by atoms with Crippen molar-refractivity contribution in [3.63, 3.8) is 0 Å². The number of aromatic nitrogens is 2. The number of benzene rings is 1. The van der Waals surface area contributed by atoms with Gasteiger partial charge in [-0.2, -0.15) is 5.10 Å². The van der Waals surface area contributed by atoms with Crippen LogP contribution in [-0.4, -0.2) is 15.7 Å². The standard InChI is InChI=1S/C17H22N4O/c1-11(22)20-14-9-17(2,3)16(18)15-13(14)10-19-21(15)12-7-5-4-6-8-12/h4-8,10,14,16H,9,18H2,1-3H3,(H,20,22)/t14?,16-/m0/s1. The summed E-state index contributed by atoms with van der Waals surface area (Å²) in [6, 6.07) is 9.78. The van der Waals surface area contributed by atoms with Crippen LogP contribution in [0.5, 0.6) is 0 Å². The van der Waals surface area contributed by atoms with Gasteiger partial charge in [-0.3, -0.25) is 4.79 Å². The van der Waals surface area contributed by atoms with Gasteiger partial charge < -0.3 is 11.1 Å². The van der Waals surface area contributed by atoms with E-state index in [-0.39, 0.29) is 23.4 Å². The Bertz CT molecular complexity index is 690.